The van der Waals surface area contributed by atoms with Crippen molar-refractivity contribution >= 4 is 34.9 Å². The fourth-order valence-corrected chi connectivity index (χ4v) is 3.23. The maximum Gasteiger partial charge on any atom is 0.178 e. The second-order valence-corrected chi connectivity index (χ2v) is 6.92. The Morgan fingerprint density at radius 1 is 1.38 bits per heavy atom. The zero-order valence-corrected chi connectivity index (χ0v) is 14.4. The lowest BCUT2D eigenvalue weighted by molar-refractivity contribution is 0.291. The Bertz CT molecular complexity index is 680. The van der Waals surface area contributed by atoms with E-state index in [0.717, 1.165) is 24.0 Å². The summed E-state index contributed by atoms with van der Waals surface area (Å²) in [6, 6.07) is 3.26. The Labute approximate surface area is 134 Å². The molecule has 3 nitrogen and oxygen atoms in total. The summed E-state index contributed by atoms with van der Waals surface area (Å²) in [5.74, 6) is 0.110. The first kappa shape index (κ1) is 16.5. The molecular weight excluding hydrogens is 309 g/mol. The second kappa shape index (κ2) is 6.46. The van der Waals surface area contributed by atoms with Crippen LogP contribution in [0.4, 0.5) is 4.39 Å². The van der Waals surface area contributed by atoms with Crippen LogP contribution in [0.5, 0.6) is 0 Å². The molecule has 0 aliphatic heterocycles. The van der Waals surface area contributed by atoms with Crippen LogP contribution >= 0.6 is 23.8 Å². The Hall–Kier alpha value is -0.910. The lowest BCUT2D eigenvalue weighted by Crippen LogP contribution is -2.25. The van der Waals surface area contributed by atoms with Crippen LogP contribution in [0.15, 0.2) is 12.1 Å². The molecule has 1 aromatic heterocycles. The SMILES string of the molecule is CC(C)CC(CN(C)C)n1c(=S)[nH]c2cc(Cl)c(F)cc21. The molecule has 1 heterocycles. The van der Waals surface area contributed by atoms with Crippen molar-refractivity contribution in [2.24, 2.45) is 5.92 Å². The number of benzene rings is 1. The van der Waals surface area contributed by atoms with Gasteiger partial charge in [-0.1, -0.05) is 25.4 Å². The van der Waals surface area contributed by atoms with Crippen LogP contribution in [-0.2, 0) is 0 Å². The zero-order chi connectivity index (χ0) is 15.7. The van der Waals surface area contributed by atoms with Gasteiger partial charge in [-0.25, -0.2) is 4.39 Å². The Balaban J connectivity index is 2.58. The van der Waals surface area contributed by atoms with E-state index in [2.05, 4.69) is 23.7 Å². The highest BCUT2D eigenvalue weighted by Crippen LogP contribution is 2.28. The molecular formula is C15H21ClFN3S. The van der Waals surface area contributed by atoms with E-state index in [-0.39, 0.29) is 11.1 Å². The topological polar surface area (TPSA) is 24.0 Å². The van der Waals surface area contributed by atoms with Crippen molar-refractivity contribution in [2.45, 2.75) is 26.3 Å². The predicted octanol–water partition coefficient (Wildman–Crippen LogP) is 4.64. The van der Waals surface area contributed by atoms with Gasteiger partial charge < -0.3 is 14.5 Å². The average Bonchev–Trinajstić information content (AvgIpc) is 2.63. The van der Waals surface area contributed by atoms with Gasteiger partial charge in [0.2, 0.25) is 0 Å². The van der Waals surface area contributed by atoms with Gasteiger partial charge in [-0.3, -0.25) is 0 Å². The van der Waals surface area contributed by atoms with E-state index in [9.17, 15) is 4.39 Å². The molecule has 2 aromatic rings. The van der Waals surface area contributed by atoms with Gasteiger partial charge in [-0.15, -0.1) is 0 Å². The van der Waals surface area contributed by atoms with Gasteiger partial charge in [0.1, 0.15) is 5.82 Å². The summed E-state index contributed by atoms with van der Waals surface area (Å²) in [4.78, 5) is 5.26. The smallest absolute Gasteiger partial charge is 0.178 e. The van der Waals surface area contributed by atoms with Crippen molar-refractivity contribution in [3.8, 4) is 0 Å². The third-order valence-corrected chi connectivity index (χ3v) is 4.03. The molecule has 0 saturated heterocycles. The predicted molar refractivity (Wildman–Crippen MR) is 89.1 cm³/mol. The quantitative estimate of drug-likeness (QED) is 0.808. The molecule has 0 aliphatic rings. The summed E-state index contributed by atoms with van der Waals surface area (Å²) in [7, 11) is 4.06. The number of H-pyrrole nitrogens is 1. The standard InChI is InChI=1S/C15H21ClFN3S/c1-9(2)5-10(8-19(3)4)20-14-7-12(17)11(16)6-13(14)18-15(20)21/h6-7,9-10H,5,8H2,1-4H3,(H,18,21). The summed E-state index contributed by atoms with van der Waals surface area (Å²) in [5.41, 5.74) is 1.55. The largest absolute Gasteiger partial charge is 0.331 e. The minimum atomic E-state index is -0.417. The molecule has 6 heteroatoms. The summed E-state index contributed by atoms with van der Waals surface area (Å²) < 4.78 is 16.5. The number of rotatable bonds is 5. The molecule has 1 atom stereocenters. The van der Waals surface area contributed by atoms with Crippen LogP contribution in [0.2, 0.25) is 5.02 Å². The normalized spacial score (nSPS) is 13.5. The maximum absolute atomic E-state index is 13.8. The molecule has 1 unspecified atom stereocenters. The highest BCUT2D eigenvalue weighted by Gasteiger charge is 2.19. The Kier molecular flexibility index (Phi) is 5.07. The first-order chi connectivity index (χ1) is 9.79. The molecule has 0 amide bonds. The van der Waals surface area contributed by atoms with E-state index in [1.165, 1.54) is 6.07 Å². The van der Waals surface area contributed by atoms with E-state index in [4.69, 9.17) is 23.8 Å². The molecule has 1 aromatic carbocycles. The number of likely N-dealkylation sites (N-methyl/N-ethyl adjacent to an activating group) is 1. The summed E-state index contributed by atoms with van der Waals surface area (Å²) in [6.45, 7) is 5.21. The molecule has 0 bridgehead atoms. The number of nitrogens with one attached hydrogen (secondary N) is 1. The van der Waals surface area contributed by atoms with Crippen LogP contribution in [0, 0.1) is 16.5 Å². The van der Waals surface area contributed by atoms with Gasteiger partial charge in [-0.2, -0.15) is 0 Å². The zero-order valence-electron chi connectivity index (χ0n) is 12.8. The molecule has 0 spiro atoms. The average molecular weight is 330 g/mol. The summed E-state index contributed by atoms with van der Waals surface area (Å²) >= 11 is 11.3. The third kappa shape index (κ3) is 3.65. The Morgan fingerprint density at radius 3 is 2.62 bits per heavy atom. The number of hydrogen-bond acceptors (Lipinski definition) is 2. The molecule has 0 saturated carbocycles. The van der Waals surface area contributed by atoms with Crippen molar-refractivity contribution in [3.05, 3.63) is 27.7 Å². The third-order valence-electron chi connectivity index (χ3n) is 3.44. The lowest BCUT2D eigenvalue weighted by Gasteiger charge is -2.25. The van der Waals surface area contributed by atoms with Crippen LogP contribution in [0.3, 0.4) is 0 Å². The highest BCUT2D eigenvalue weighted by molar-refractivity contribution is 7.71. The van der Waals surface area contributed by atoms with Crippen LogP contribution < -0.4 is 0 Å². The molecule has 116 valence electrons. The number of halogens is 2. The van der Waals surface area contributed by atoms with Gasteiger partial charge in [0.15, 0.2) is 4.77 Å². The maximum atomic E-state index is 13.8. The van der Waals surface area contributed by atoms with E-state index in [0.29, 0.717) is 10.7 Å². The molecule has 1 N–H and O–H groups in total. The van der Waals surface area contributed by atoms with Crippen LogP contribution in [-0.4, -0.2) is 35.1 Å². The van der Waals surface area contributed by atoms with E-state index >= 15 is 0 Å². The molecule has 0 aliphatic carbocycles. The minimum absolute atomic E-state index is 0.110. The molecule has 21 heavy (non-hydrogen) atoms. The first-order valence-electron chi connectivity index (χ1n) is 7.03. The van der Waals surface area contributed by atoms with Crippen LogP contribution in [0.1, 0.15) is 26.3 Å². The fourth-order valence-electron chi connectivity index (χ4n) is 2.71. The fraction of sp³-hybridized carbons (Fsp3) is 0.533. The highest BCUT2D eigenvalue weighted by atomic mass is 35.5. The van der Waals surface area contributed by atoms with Crippen molar-refractivity contribution < 1.29 is 4.39 Å². The number of imidazole rings is 1. The molecule has 2 rings (SSSR count). The Morgan fingerprint density at radius 2 is 2.05 bits per heavy atom. The number of aromatic nitrogens is 2. The van der Waals surface area contributed by atoms with E-state index < -0.39 is 5.82 Å². The van der Waals surface area contributed by atoms with E-state index in [1.807, 2.05) is 18.7 Å². The minimum Gasteiger partial charge on any atom is -0.331 e. The number of nitrogens with zero attached hydrogens (tertiary/aromatic N) is 2. The van der Waals surface area contributed by atoms with E-state index in [1.54, 1.807) is 6.07 Å². The monoisotopic (exact) mass is 329 g/mol. The molecule has 0 radical (unpaired) electrons. The number of hydrogen-bond donors (Lipinski definition) is 1. The van der Waals surface area contributed by atoms with Gasteiger partial charge in [-0.05, 0) is 44.7 Å². The second-order valence-electron chi connectivity index (χ2n) is 6.13. The van der Waals surface area contributed by atoms with Crippen molar-refractivity contribution in [1.29, 1.82) is 0 Å². The van der Waals surface area contributed by atoms with Gasteiger partial charge in [0, 0.05) is 18.7 Å². The van der Waals surface area contributed by atoms with Gasteiger partial charge in [0.05, 0.1) is 16.1 Å². The summed E-state index contributed by atoms with van der Waals surface area (Å²) in [6.07, 6.45) is 0.976. The van der Waals surface area contributed by atoms with Crippen molar-refractivity contribution in [2.75, 3.05) is 20.6 Å². The number of aromatic amines is 1. The van der Waals surface area contributed by atoms with Gasteiger partial charge in [0.25, 0.3) is 0 Å². The number of fused-ring (bicyclic) bond motifs is 1. The lowest BCUT2D eigenvalue weighted by atomic mass is 10.0. The van der Waals surface area contributed by atoms with Crippen molar-refractivity contribution in [1.82, 2.24) is 14.5 Å². The summed E-state index contributed by atoms with van der Waals surface area (Å²) in [5, 5.41) is 0.110. The van der Waals surface area contributed by atoms with Crippen LogP contribution in [0.25, 0.3) is 11.0 Å². The van der Waals surface area contributed by atoms with Gasteiger partial charge >= 0.3 is 0 Å². The van der Waals surface area contributed by atoms with Crippen molar-refractivity contribution in [3.63, 3.8) is 0 Å². The molecule has 0 fully saturated rings. The first-order valence-corrected chi connectivity index (χ1v) is 7.82.